The molecule has 0 aromatic rings. The second-order valence-corrected chi connectivity index (χ2v) is 6.66. The summed E-state index contributed by atoms with van der Waals surface area (Å²) >= 11 is 8.66. The van der Waals surface area contributed by atoms with Crippen LogP contribution in [-0.4, -0.2) is 41.1 Å². The third kappa shape index (κ3) is 5.95. The van der Waals surface area contributed by atoms with Crippen LogP contribution in [0.3, 0.4) is 0 Å². The largest absolute Gasteiger partial charge is 0.444 e. The zero-order valence-electron chi connectivity index (χ0n) is 12.0. The van der Waals surface area contributed by atoms with Crippen LogP contribution in [0.25, 0.3) is 0 Å². The Balaban J connectivity index is 2.26. The number of thiol groups is 2. The van der Waals surface area contributed by atoms with E-state index in [4.69, 9.17) is 4.74 Å². The second kappa shape index (κ2) is 9.55. The van der Waals surface area contributed by atoms with Crippen molar-refractivity contribution in [2.24, 2.45) is 5.92 Å². The van der Waals surface area contributed by atoms with Crippen molar-refractivity contribution in [2.75, 3.05) is 12.3 Å². The molecule has 1 fully saturated rings. The first kappa shape index (κ1) is 17.7. The van der Waals surface area contributed by atoms with Gasteiger partial charge >= 0.3 is 0 Å². The topological polar surface area (TPSA) is 46.6 Å². The van der Waals surface area contributed by atoms with E-state index < -0.39 is 0 Å². The fourth-order valence-electron chi connectivity index (χ4n) is 2.55. The number of nitrogens with zero attached hydrogens (tertiary/aromatic N) is 1. The van der Waals surface area contributed by atoms with Gasteiger partial charge in [-0.15, -0.1) is 0 Å². The second-order valence-electron chi connectivity index (χ2n) is 5.49. The van der Waals surface area contributed by atoms with Gasteiger partial charge in [-0.3, -0.25) is 9.59 Å². The Labute approximate surface area is 132 Å². The maximum Gasteiger partial charge on any atom is 0.295 e. The van der Waals surface area contributed by atoms with Crippen LogP contribution in [0, 0.1) is 5.92 Å². The van der Waals surface area contributed by atoms with E-state index >= 15 is 0 Å². The Hall–Kier alpha value is -0.360. The average Bonchev–Trinajstić information content (AvgIpc) is 2.76. The Morgan fingerprint density at radius 3 is 2.85 bits per heavy atom. The Bertz CT molecular complexity index is 315. The molecule has 0 radical (unpaired) electrons. The van der Waals surface area contributed by atoms with Gasteiger partial charge in [0.25, 0.3) is 6.47 Å². The lowest BCUT2D eigenvalue weighted by molar-refractivity contribution is -0.150. The number of hydrogen-bond acceptors (Lipinski definition) is 5. The number of unbranched alkanes of at least 4 members (excludes halogenated alkanes) is 1. The molecule has 116 valence electrons. The maximum atomic E-state index is 12.1. The molecule has 1 saturated heterocycles. The number of amides is 1. The molecule has 1 rings (SSSR count). The SMILES string of the molecule is CC1CC(OC=O)N(C(=O)CCCCC(S)CCS)C1. The zero-order chi connectivity index (χ0) is 15.0. The molecule has 0 spiro atoms. The molecule has 6 heteroatoms. The molecule has 4 nitrogen and oxygen atoms in total. The minimum atomic E-state index is -0.364. The van der Waals surface area contributed by atoms with Crippen LogP contribution < -0.4 is 0 Å². The molecule has 0 saturated carbocycles. The van der Waals surface area contributed by atoms with Gasteiger partial charge < -0.3 is 9.64 Å². The number of hydrogen-bond donors (Lipinski definition) is 2. The number of ether oxygens (including phenoxy) is 1. The van der Waals surface area contributed by atoms with Crippen LogP contribution in [0.5, 0.6) is 0 Å². The number of carbonyl (C=O) groups excluding carboxylic acids is 2. The number of rotatable bonds is 9. The molecule has 0 aromatic carbocycles. The summed E-state index contributed by atoms with van der Waals surface area (Å²) in [5.41, 5.74) is 0. The summed E-state index contributed by atoms with van der Waals surface area (Å²) in [5, 5.41) is 0.376. The van der Waals surface area contributed by atoms with Crippen LogP contribution in [0.4, 0.5) is 0 Å². The molecule has 0 aliphatic carbocycles. The molecule has 1 aliphatic rings. The first-order valence-electron chi connectivity index (χ1n) is 7.26. The van der Waals surface area contributed by atoms with Crippen molar-refractivity contribution in [2.45, 2.75) is 56.9 Å². The van der Waals surface area contributed by atoms with Gasteiger partial charge in [0.05, 0.1) is 0 Å². The van der Waals surface area contributed by atoms with E-state index in [2.05, 4.69) is 32.2 Å². The van der Waals surface area contributed by atoms with Crippen LogP contribution in [0.1, 0.15) is 45.4 Å². The quantitative estimate of drug-likeness (QED) is 0.390. The van der Waals surface area contributed by atoms with E-state index in [1.807, 2.05) is 0 Å². The first-order chi connectivity index (χ1) is 9.58. The van der Waals surface area contributed by atoms with Crippen LogP contribution in [0.15, 0.2) is 0 Å². The molecular formula is C14H25NO3S2. The summed E-state index contributed by atoms with van der Waals surface area (Å²) in [4.78, 5) is 24.3. The van der Waals surface area contributed by atoms with E-state index in [1.54, 1.807) is 4.90 Å². The molecular weight excluding hydrogens is 294 g/mol. The highest BCUT2D eigenvalue weighted by molar-refractivity contribution is 7.81. The Kier molecular flexibility index (Phi) is 8.45. The summed E-state index contributed by atoms with van der Waals surface area (Å²) in [6.07, 6.45) is 4.77. The van der Waals surface area contributed by atoms with Gasteiger partial charge in [0.2, 0.25) is 5.91 Å². The normalized spacial score (nSPS) is 23.6. The molecule has 1 aliphatic heterocycles. The van der Waals surface area contributed by atoms with Crippen LogP contribution >= 0.6 is 25.3 Å². The van der Waals surface area contributed by atoms with E-state index in [0.29, 0.717) is 30.6 Å². The van der Waals surface area contributed by atoms with Gasteiger partial charge in [-0.1, -0.05) is 13.3 Å². The van der Waals surface area contributed by atoms with Gasteiger partial charge in [0.1, 0.15) is 0 Å². The van der Waals surface area contributed by atoms with Crippen LogP contribution in [-0.2, 0) is 14.3 Å². The van der Waals surface area contributed by atoms with E-state index in [9.17, 15) is 9.59 Å². The molecule has 1 amide bonds. The lowest BCUT2D eigenvalue weighted by Gasteiger charge is -2.23. The molecule has 0 bridgehead atoms. The predicted octanol–water partition coefficient (Wildman–Crippen LogP) is 2.53. The van der Waals surface area contributed by atoms with Crippen molar-refractivity contribution in [3.8, 4) is 0 Å². The maximum absolute atomic E-state index is 12.1. The van der Waals surface area contributed by atoms with Crippen molar-refractivity contribution >= 4 is 37.6 Å². The average molecular weight is 319 g/mol. The highest BCUT2D eigenvalue weighted by Crippen LogP contribution is 2.24. The van der Waals surface area contributed by atoms with E-state index in [0.717, 1.165) is 37.9 Å². The summed E-state index contributed by atoms with van der Waals surface area (Å²) < 4.78 is 4.99. The Morgan fingerprint density at radius 2 is 2.20 bits per heavy atom. The van der Waals surface area contributed by atoms with Gasteiger partial charge in [0.15, 0.2) is 6.23 Å². The summed E-state index contributed by atoms with van der Waals surface area (Å²) in [6.45, 7) is 3.19. The predicted molar refractivity (Wildman–Crippen MR) is 86.1 cm³/mol. The van der Waals surface area contributed by atoms with Crippen LogP contribution in [0.2, 0.25) is 0 Å². The van der Waals surface area contributed by atoms with Gasteiger partial charge in [0, 0.05) is 24.6 Å². The highest BCUT2D eigenvalue weighted by atomic mass is 32.1. The standard InChI is InChI=1S/C14H25NO3S2/c1-11-8-14(18-10-16)15(9-11)13(17)5-3-2-4-12(20)6-7-19/h10-12,14,19-20H,2-9H2,1H3. The fourth-order valence-corrected chi connectivity index (χ4v) is 3.38. The van der Waals surface area contributed by atoms with Crippen molar-refractivity contribution in [1.29, 1.82) is 0 Å². The Morgan fingerprint density at radius 1 is 1.45 bits per heavy atom. The molecule has 3 unspecified atom stereocenters. The van der Waals surface area contributed by atoms with Crippen molar-refractivity contribution in [3.05, 3.63) is 0 Å². The highest BCUT2D eigenvalue weighted by Gasteiger charge is 2.33. The number of carbonyl (C=O) groups is 2. The van der Waals surface area contributed by atoms with Gasteiger partial charge in [-0.05, 0) is 30.9 Å². The third-order valence-corrected chi connectivity index (χ3v) is 4.41. The lowest BCUT2D eigenvalue weighted by atomic mass is 10.1. The molecule has 3 atom stereocenters. The molecule has 1 heterocycles. The van der Waals surface area contributed by atoms with Crippen molar-refractivity contribution in [1.82, 2.24) is 4.90 Å². The third-order valence-electron chi connectivity index (χ3n) is 3.63. The van der Waals surface area contributed by atoms with Crippen molar-refractivity contribution in [3.63, 3.8) is 0 Å². The van der Waals surface area contributed by atoms with E-state index in [-0.39, 0.29) is 12.1 Å². The zero-order valence-corrected chi connectivity index (χ0v) is 13.8. The fraction of sp³-hybridized carbons (Fsp3) is 0.857. The molecule has 0 aromatic heterocycles. The summed E-state index contributed by atoms with van der Waals surface area (Å²) in [7, 11) is 0. The van der Waals surface area contributed by atoms with E-state index in [1.165, 1.54) is 0 Å². The first-order valence-corrected chi connectivity index (χ1v) is 8.40. The minimum absolute atomic E-state index is 0.0890. The monoisotopic (exact) mass is 319 g/mol. The summed E-state index contributed by atoms with van der Waals surface area (Å²) in [5.74, 6) is 1.33. The minimum Gasteiger partial charge on any atom is -0.444 e. The van der Waals surface area contributed by atoms with Gasteiger partial charge in [-0.25, -0.2) is 0 Å². The lowest BCUT2D eigenvalue weighted by Crippen LogP contribution is -2.37. The smallest absolute Gasteiger partial charge is 0.295 e. The van der Waals surface area contributed by atoms with Crippen molar-refractivity contribution < 1.29 is 14.3 Å². The number of likely N-dealkylation sites (tertiary alicyclic amines) is 1. The van der Waals surface area contributed by atoms with Gasteiger partial charge in [-0.2, -0.15) is 25.3 Å². The molecule has 0 N–H and O–H groups in total. The summed E-state index contributed by atoms with van der Waals surface area (Å²) in [6, 6.07) is 0. The molecule has 20 heavy (non-hydrogen) atoms.